The smallest absolute Gasteiger partial charge is 0.313 e. The summed E-state index contributed by atoms with van der Waals surface area (Å²) in [6, 6.07) is 5.24. The van der Waals surface area contributed by atoms with Crippen LogP contribution in [0.3, 0.4) is 0 Å². The first kappa shape index (κ1) is 67.4. The van der Waals surface area contributed by atoms with Crippen LogP contribution in [0.25, 0.3) is 0 Å². The van der Waals surface area contributed by atoms with E-state index in [0.717, 1.165) is 7.11 Å². The average Bonchev–Trinajstić information content (AvgIpc) is 3.48. The van der Waals surface area contributed by atoms with Crippen LogP contribution in [-0.2, 0) is 38.1 Å². The summed E-state index contributed by atoms with van der Waals surface area (Å²) >= 11 is 0. The molecule has 446 valence electrons. The van der Waals surface area contributed by atoms with Gasteiger partial charge in [-0.15, -0.1) is 0 Å². The molecule has 1 aromatic carbocycles. The van der Waals surface area contributed by atoms with Gasteiger partial charge < -0.3 is 86.2 Å². The van der Waals surface area contributed by atoms with E-state index >= 15 is 0 Å². The highest BCUT2D eigenvalue weighted by molar-refractivity contribution is 5.96. The molecule has 19 atom stereocenters. The zero-order valence-corrected chi connectivity index (χ0v) is 46.1. The maximum atomic E-state index is 13.3. The van der Waals surface area contributed by atoms with Gasteiger partial charge in [0.15, 0.2) is 17.9 Å². The number of aliphatic hydroxyl groups is 10. The molecule has 21 nitrogen and oxygen atoms in total. The molecular weight excluding hydrogens is 1040 g/mol. The highest BCUT2D eigenvalue weighted by Gasteiger charge is 2.51. The van der Waals surface area contributed by atoms with Gasteiger partial charge in [0.25, 0.3) is 0 Å². The van der Waals surface area contributed by atoms with Gasteiger partial charge in [-0.3, -0.25) is 19.2 Å². The number of ether oxygens (including phenoxy) is 5. The molecule has 0 aliphatic carbocycles. The summed E-state index contributed by atoms with van der Waals surface area (Å²) in [4.78, 5) is 52.2. The number of fused-ring (bicyclic) bond motifs is 2. The second-order valence-corrected chi connectivity index (χ2v) is 21.4. The number of nitrogens with two attached hydrogens (primary N) is 2. The number of rotatable bonds is 10. The Morgan fingerprint density at radius 1 is 0.713 bits per heavy atom. The number of nitrogen functional groups attached to an aromatic ring is 1. The number of allylic oxidation sites excluding steroid dienone is 12. The van der Waals surface area contributed by atoms with Crippen LogP contribution in [0, 0.1) is 17.8 Å². The SMILES string of the molecule is COC(=O)C1C(O)CC2(O)CC(O)CC(O)CC(O)CC(O)CC(=O)CC(O)CC(=O)OC(C(C)CCC(O)CC(=O)c3ccc(N)cc3)C(C)/C=C/C=C\C=C\C=C\C=C\C=C\C=C\C(O[C@@H]3O[C@H](C)[C@@H](O)[C@H](N)[C@@H]3O)CC1O2. The predicted molar refractivity (Wildman–Crippen MR) is 294 cm³/mol. The lowest BCUT2D eigenvalue weighted by Gasteiger charge is -2.45. The minimum Gasteiger partial charge on any atom is -0.469 e. The minimum atomic E-state index is -2.29. The first-order chi connectivity index (χ1) is 37.9. The van der Waals surface area contributed by atoms with Gasteiger partial charge in [-0.25, -0.2) is 0 Å². The summed E-state index contributed by atoms with van der Waals surface area (Å²) < 4.78 is 28.9. The molecule has 0 saturated carbocycles. The van der Waals surface area contributed by atoms with Gasteiger partial charge in [0.05, 0.1) is 86.7 Å². The van der Waals surface area contributed by atoms with Crippen molar-refractivity contribution in [3.8, 4) is 0 Å². The number of hydrogen-bond acceptors (Lipinski definition) is 21. The van der Waals surface area contributed by atoms with Gasteiger partial charge in [-0.05, 0) is 69.2 Å². The lowest BCUT2D eigenvalue weighted by Crippen LogP contribution is -2.61. The Balaban J connectivity index is 1.55. The summed E-state index contributed by atoms with van der Waals surface area (Å²) in [5, 5.41) is 109. The zero-order valence-electron chi connectivity index (χ0n) is 46.1. The fourth-order valence-electron chi connectivity index (χ4n) is 10.0. The van der Waals surface area contributed by atoms with Crippen LogP contribution < -0.4 is 11.5 Å². The van der Waals surface area contributed by atoms with Crippen molar-refractivity contribution >= 4 is 29.2 Å². The van der Waals surface area contributed by atoms with Gasteiger partial charge in [0.1, 0.15) is 23.9 Å². The van der Waals surface area contributed by atoms with Crippen molar-refractivity contribution in [1.29, 1.82) is 0 Å². The van der Waals surface area contributed by atoms with E-state index in [1.807, 2.05) is 19.9 Å². The van der Waals surface area contributed by atoms with E-state index in [-0.39, 0.29) is 49.7 Å². The second-order valence-electron chi connectivity index (χ2n) is 21.4. The maximum absolute atomic E-state index is 13.3. The number of esters is 2. The topological polar surface area (TPSA) is 369 Å². The van der Waals surface area contributed by atoms with E-state index in [1.165, 1.54) is 0 Å². The number of hydrogen-bond donors (Lipinski definition) is 12. The third-order valence-corrected chi connectivity index (χ3v) is 14.3. The normalized spacial score (nSPS) is 38.0. The fraction of sp³-hybridized carbons (Fsp3) is 0.593. The first-order valence-corrected chi connectivity index (χ1v) is 27.3. The first-order valence-electron chi connectivity index (χ1n) is 27.3. The summed E-state index contributed by atoms with van der Waals surface area (Å²) in [7, 11) is 1.11. The number of methoxy groups -OCH3 is 1. The van der Waals surface area contributed by atoms with Crippen molar-refractivity contribution < 1.29 is 93.9 Å². The summed E-state index contributed by atoms with van der Waals surface area (Å²) in [5.41, 5.74) is 12.7. The van der Waals surface area contributed by atoms with Crippen LogP contribution in [0.2, 0.25) is 0 Å². The van der Waals surface area contributed by atoms with Crippen LogP contribution in [0.15, 0.2) is 109 Å². The van der Waals surface area contributed by atoms with Crippen molar-refractivity contribution in [3.05, 3.63) is 115 Å². The number of cyclic esters (lactones) is 1. The van der Waals surface area contributed by atoms with Crippen molar-refractivity contribution in [2.24, 2.45) is 23.5 Å². The van der Waals surface area contributed by atoms with E-state index in [1.54, 1.807) is 110 Å². The highest BCUT2D eigenvalue weighted by Crippen LogP contribution is 2.39. The van der Waals surface area contributed by atoms with Gasteiger partial charge in [0, 0.05) is 55.7 Å². The third-order valence-electron chi connectivity index (χ3n) is 14.3. The van der Waals surface area contributed by atoms with Gasteiger partial charge in [0.2, 0.25) is 0 Å². The van der Waals surface area contributed by atoms with Crippen LogP contribution in [0.5, 0.6) is 0 Å². The molecule has 2 bridgehead atoms. The van der Waals surface area contributed by atoms with Gasteiger partial charge >= 0.3 is 11.9 Å². The predicted octanol–water partition coefficient (Wildman–Crippen LogP) is 2.37. The number of Topliss-reactive ketones (excluding diaryl/α,β-unsaturated/α-hetero) is 2. The van der Waals surface area contributed by atoms with Crippen molar-refractivity contribution in [1.82, 2.24) is 0 Å². The molecule has 0 aromatic heterocycles. The molecule has 2 fully saturated rings. The van der Waals surface area contributed by atoms with Crippen LogP contribution >= 0.6 is 0 Å². The van der Waals surface area contributed by atoms with Crippen LogP contribution in [-0.4, -0.2) is 179 Å². The molecule has 0 radical (unpaired) electrons. The molecule has 4 rings (SSSR count). The maximum Gasteiger partial charge on any atom is 0.313 e. The molecule has 14 N–H and O–H groups in total. The van der Waals surface area contributed by atoms with Crippen molar-refractivity contribution in [3.63, 3.8) is 0 Å². The standard InChI is InChI=1S/C59H86N2O19/c1-35-17-15-13-11-9-7-5-6-8-10-12-14-16-18-47(78-58-55(73)53(61)54(72)37(3)77-58)32-50-52(57(74)76-4)49(70)34-59(75,80-50)33-46(68)29-44(66)27-42(64)25-41(63)26-43(65)28-45(67)31-51(71)79-56(35)36(2)19-24-40(62)30-48(69)38-20-22-39(60)23-21-38/h5-18,20-23,35-37,40-42,44-47,49-50,52-56,58,62-64,66-68,70,72-73,75H,19,24-34,60-61H2,1-4H3/b6-5+,9-7+,10-8+,13-11-,14-12+,17-15+,18-16+/t35?,36?,37-,40?,41?,42?,44?,45?,46?,47?,49?,50?,52?,53+,54-,55+,56?,58+,59?/m1/s1. The minimum absolute atomic E-state index is 0.126. The molecule has 80 heavy (non-hydrogen) atoms. The Hall–Kier alpha value is -5.08. The molecule has 3 heterocycles. The van der Waals surface area contributed by atoms with Crippen LogP contribution in [0.1, 0.15) is 108 Å². The number of carbonyl (C=O) groups excluding carboxylic acids is 4. The molecule has 0 amide bonds. The second kappa shape index (κ2) is 33.7. The largest absolute Gasteiger partial charge is 0.469 e. The lowest BCUT2D eigenvalue weighted by molar-refractivity contribution is -0.308. The number of aliphatic hydroxyl groups excluding tert-OH is 9. The summed E-state index contributed by atoms with van der Waals surface area (Å²) in [6.07, 6.45) is 2.76. The summed E-state index contributed by atoms with van der Waals surface area (Å²) in [6.45, 7) is 5.23. The molecule has 2 saturated heterocycles. The number of ketones is 2. The average molecular weight is 1130 g/mol. The Kier molecular flexibility index (Phi) is 28.4. The molecule has 21 heteroatoms. The monoisotopic (exact) mass is 1130 g/mol. The van der Waals surface area contributed by atoms with E-state index in [9.17, 15) is 70.2 Å². The fourth-order valence-corrected chi connectivity index (χ4v) is 10.0. The number of benzene rings is 1. The van der Waals surface area contributed by atoms with E-state index in [4.69, 9.17) is 35.2 Å². The number of carbonyl (C=O) groups is 4. The van der Waals surface area contributed by atoms with Gasteiger partial charge in [-0.1, -0.05) is 98.9 Å². The summed E-state index contributed by atoms with van der Waals surface area (Å²) in [5.74, 6) is -6.91. The molecule has 1 aromatic rings. The van der Waals surface area contributed by atoms with E-state index < -0.39 is 160 Å². The molecule has 14 unspecified atom stereocenters. The Morgan fingerprint density at radius 2 is 1.26 bits per heavy atom. The zero-order chi connectivity index (χ0) is 59.1. The van der Waals surface area contributed by atoms with Gasteiger partial charge in [-0.2, -0.15) is 0 Å². The Labute approximate surface area is 468 Å². The molecular formula is C59H86N2O19. The molecule has 3 aliphatic rings. The lowest BCUT2D eigenvalue weighted by atomic mass is 9.82. The van der Waals surface area contributed by atoms with Crippen LogP contribution in [0.4, 0.5) is 5.69 Å². The highest BCUT2D eigenvalue weighted by atomic mass is 16.7. The van der Waals surface area contributed by atoms with Crippen molar-refractivity contribution in [2.75, 3.05) is 12.8 Å². The Morgan fingerprint density at radius 3 is 1.86 bits per heavy atom. The number of anilines is 1. The Bertz CT molecular complexity index is 2300. The van der Waals surface area contributed by atoms with E-state index in [0.29, 0.717) is 17.7 Å². The molecule has 3 aliphatic heterocycles. The third kappa shape index (κ3) is 23.0. The molecule has 0 spiro atoms. The quantitative estimate of drug-likeness (QED) is 0.0909. The van der Waals surface area contributed by atoms with Crippen molar-refractivity contribution in [2.45, 2.75) is 195 Å². The van der Waals surface area contributed by atoms with E-state index in [2.05, 4.69) is 0 Å².